The fourth-order valence-corrected chi connectivity index (χ4v) is 1.98. The van der Waals surface area contributed by atoms with E-state index in [1.54, 1.807) is 6.92 Å². The van der Waals surface area contributed by atoms with Gasteiger partial charge in [0.1, 0.15) is 0 Å². The summed E-state index contributed by atoms with van der Waals surface area (Å²) in [5, 5.41) is 0.0817. The molecule has 0 unspecified atom stereocenters. The molecule has 0 amide bonds. The first-order chi connectivity index (χ1) is 6.58. The van der Waals surface area contributed by atoms with E-state index >= 15 is 0 Å². The second-order valence-electron chi connectivity index (χ2n) is 2.22. The van der Waals surface area contributed by atoms with Crippen LogP contribution in [0.15, 0.2) is 0 Å². The van der Waals surface area contributed by atoms with Gasteiger partial charge >= 0.3 is 7.82 Å². The zero-order valence-electron chi connectivity index (χ0n) is 8.52. The summed E-state index contributed by atoms with van der Waals surface area (Å²) >= 11 is 1.14. The molecule has 14 heavy (non-hydrogen) atoms. The summed E-state index contributed by atoms with van der Waals surface area (Å²) in [7, 11) is -0.885. The van der Waals surface area contributed by atoms with Crippen LogP contribution < -0.4 is 0 Å². The van der Waals surface area contributed by atoms with Gasteiger partial charge in [-0.25, -0.2) is 4.57 Å². The van der Waals surface area contributed by atoms with E-state index < -0.39 is 7.82 Å². The Bertz CT molecular complexity index is 212. The average molecular weight is 242 g/mol. The van der Waals surface area contributed by atoms with Crippen molar-refractivity contribution in [2.24, 2.45) is 0 Å². The minimum Gasteiger partial charge on any atom is -0.290 e. The molecule has 0 radical (unpaired) electrons. The van der Waals surface area contributed by atoms with Gasteiger partial charge in [0, 0.05) is 26.4 Å². The van der Waals surface area contributed by atoms with Crippen LogP contribution in [-0.4, -0.2) is 31.7 Å². The molecule has 0 saturated carbocycles. The van der Waals surface area contributed by atoms with Crippen molar-refractivity contribution < 1.29 is 22.9 Å². The molecule has 0 aliphatic carbocycles. The predicted octanol–water partition coefficient (Wildman–Crippen LogP) is 2.07. The highest BCUT2D eigenvalue weighted by Gasteiger charge is 2.22. The summed E-state index contributed by atoms with van der Waals surface area (Å²) in [6.07, 6.45) is 0.483. The van der Waals surface area contributed by atoms with Crippen molar-refractivity contribution in [3.8, 4) is 0 Å². The topological polar surface area (TPSA) is 61.8 Å². The van der Waals surface area contributed by atoms with E-state index in [1.807, 2.05) is 0 Å². The quantitative estimate of drug-likeness (QED) is 0.503. The number of hydrogen-bond donors (Lipinski definition) is 0. The molecule has 7 heteroatoms. The maximum absolute atomic E-state index is 11.3. The number of phosphoric acid groups is 1. The highest BCUT2D eigenvalue weighted by atomic mass is 32.2. The van der Waals surface area contributed by atoms with Crippen molar-refractivity contribution >= 4 is 24.7 Å². The molecule has 0 heterocycles. The van der Waals surface area contributed by atoms with Crippen LogP contribution in [0.3, 0.4) is 0 Å². The van der Waals surface area contributed by atoms with E-state index in [4.69, 9.17) is 4.52 Å². The molecule has 0 spiro atoms. The van der Waals surface area contributed by atoms with Gasteiger partial charge in [-0.15, -0.1) is 0 Å². The first kappa shape index (κ1) is 14.1. The third-order valence-corrected chi connectivity index (χ3v) is 3.71. The molecule has 0 atom stereocenters. The lowest BCUT2D eigenvalue weighted by Crippen LogP contribution is -2.01. The Hall–Kier alpha value is 0.130. The Kier molecular flexibility index (Phi) is 7.49. The van der Waals surface area contributed by atoms with Gasteiger partial charge in [0.15, 0.2) is 5.12 Å². The van der Waals surface area contributed by atoms with E-state index in [2.05, 4.69) is 9.05 Å². The molecular weight excluding hydrogens is 227 g/mol. The predicted molar refractivity (Wildman–Crippen MR) is 55.3 cm³/mol. The smallest absolute Gasteiger partial charge is 0.290 e. The molecule has 0 rings (SSSR count). The zero-order chi connectivity index (χ0) is 11.0. The molecule has 0 fully saturated rings. The monoisotopic (exact) mass is 242 g/mol. The van der Waals surface area contributed by atoms with Gasteiger partial charge in [-0.05, 0) is 0 Å². The van der Waals surface area contributed by atoms with Crippen LogP contribution in [0.4, 0.5) is 0 Å². The van der Waals surface area contributed by atoms with E-state index in [9.17, 15) is 9.36 Å². The van der Waals surface area contributed by atoms with Crippen LogP contribution in [-0.2, 0) is 22.9 Å². The largest absolute Gasteiger partial charge is 0.474 e. The SMILES string of the molecule is CCC(=O)SCCOP(=O)(OC)OC. The second kappa shape index (κ2) is 7.43. The third-order valence-electron chi connectivity index (χ3n) is 1.33. The number of phosphoric ester groups is 1. The van der Waals surface area contributed by atoms with Crippen molar-refractivity contribution in [3.63, 3.8) is 0 Å². The summed E-state index contributed by atoms with van der Waals surface area (Å²) in [5.74, 6) is 0.448. The van der Waals surface area contributed by atoms with E-state index in [0.717, 1.165) is 11.8 Å². The van der Waals surface area contributed by atoms with Gasteiger partial charge in [-0.1, -0.05) is 18.7 Å². The Labute approximate surface area is 88.1 Å². The maximum Gasteiger partial charge on any atom is 0.474 e. The lowest BCUT2D eigenvalue weighted by molar-refractivity contribution is -0.110. The molecule has 0 bridgehead atoms. The molecule has 0 N–H and O–H groups in total. The van der Waals surface area contributed by atoms with Gasteiger partial charge in [0.25, 0.3) is 0 Å². The zero-order valence-corrected chi connectivity index (χ0v) is 10.2. The van der Waals surface area contributed by atoms with Crippen LogP contribution in [0.2, 0.25) is 0 Å². The highest BCUT2D eigenvalue weighted by Crippen LogP contribution is 2.47. The van der Waals surface area contributed by atoms with Gasteiger partial charge in [-0.2, -0.15) is 0 Å². The molecule has 84 valence electrons. The molecule has 0 aromatic carbocycles. The second-order valence-corrected chi connectivity index (χ2v) is 5.25. The summed E-state index contributed by atoms with van der Waals surface area (Å²) in [6.45, 7) is 1.95. The fraction of sp³-hybridized carbons (Fsp3) is 0.857. The van der Waals surface area contributed by atoms with Crippen molar-refractivity contribution in [2.75, 3.05) is 26.6 Å². The van der Waals surface area contributed by atoms with Crippen molar-refractivity contribution in [2.45, 2.75) is 13.3 Å². The van der Waals surface area contributed by atoms with Crippen LogP contribution in [0.5, 0.6) is 0 Å². The normalized spacial score (nSPS) is 11.6. The van der Waals surface area contributed by atoms with Crippen LogP contribution in [0.1, 0.15) is 13.3 Å². The Morgan fingerprint density at radius 3 is 2.36 bits per heavy atom. The van der Waals surface area contributed by atoms with Crippen LogP contribution in [0, 0.1) is 0 Å². The van der Waals surface area contributed by atoms with E-state index in [1.165, 1.54) is 14.2 Å². The van der Waals surface area contributed by atoms with Crippen LogP contribution in [0.25, 0.3) is 0 Å². The Morgan fingerprint density at radius 2 is 1.93 bits per heavy atom. The van der Waals surface area contributed by atoms with Crippen molar-refractivity contribution in [1.82, 2.24) is 0 Å². The molecule has 0 aliphatic rings. The number of carbonyl (C=O) groups excluding carboxylic acids is 1. The minimum absolute atomic E-state index is 0.0817. The van der Waals surface area contributed by atoms with Gasteiger partial charge in [-0.3, -0.25) is 18.4 Å². The summed E-state index contributed by atoms with van der Waals surface area (Å²) in [4.78, 5) is 10.9. The molecule has 0 aliphatic heterocycles. The number of carbonyl (C=O) groups is 1. The number of thioether (sulfide) groups is 1. The minimum atomic E-state index is -3.37. The summed E-state index contributed by atoms with van der Waals surface area (Å²) < 4.78 is 25.2. The molecule has 0 saturated heterocycles. The van der Waals surface area contributed by atoms with Crippen molar-refractivity contribution in [3.05, 3.63) is 0 Å². The van der Waals surface area contributed by atoms with Gasteiger partial charge in [0.2, 0.25) is 0 Å². The molecule has 0 aromatic heterocycles. The van der Waals surface area contributed by atoms with Gasteiger partial charge < -0.3 is 0 Å². The molecule has 0 aromatic rings. The fourth-order valence-electron chi connectivity index (χ4n) is 0.587. The third kappa shape index (κ3) is 5.78. The first-order valence-electron chi connectivity index (χ1n) is 4.09. The Balaban J connectivity index is 3.63. The molecule has 5 nitrogen and oxygen atoms in total. The highest BCUT2D eigenvalue weighted by molar-refractivity contribution is 8.13. The lowest BCUT2D eigenvalue weighted by Gasteiger charge is -2.12. The maximum atomic E-state index is 11.3. The standard InChI is InChI=1S/C7H15O5PS/c1-4-7(8)14-6-5-12-13(9,10-2)11-3/h4-6H2,1-3H3. The average Bonchev–Trinajstić information content (AvgIpc) is 2.23. The number of rotatable bonds is 7. The van der Waals surface area contributed by atoms with Crippen LogP contribution >= 0.6 is 19.6 Å². The van der Waals surface area contributed by atoms with Crippen molar-refractivity contribution in [1.29, 1.82) is 0 Å². The van der Waals surface area contributed by atoms with Gasteiger partial charge in [0.05, 0.1) is 6.61 Å². The summed E-state index contributed by atoms with van der Waals surface area (Å²) in [6, 6.07) is 0. The lowest BCUT2D eigenvalue weighted by atomic mass is 10.6. The molecular formula is C7H15O5PS. The number of hydrogen-bond acceptors (Lipinski definition) is 6. The first-order valence-corrected chi connectivity index (χ1v) is 6.54. The van der Waals surface area contributed by atoms with E-state index in [-0.39, 0.29) is 11.7 Å². The summed E-state index contributed by atoms with van der Waals surface area (Å²) in [5.41, 5.74) is 0. The van der Waals surface area contributed by atoms with E-state index in [0.29, 0.717) is 12.2 Å². The Morgan fingerprint density at radius 1 is 1.36 bits per heavy atom.